The summed E-state index contributed by atoms with van der Waals surface area (Å²) in [7, 11) is 0. The highest BCUT2D eigenvalue weighted by Gasteiger charge is 2.08. The molecule has 0 amide bonds. The van der Waals surface area contributed by atoms with Crippen molar-refractivity contribution < 1.29 is 4.39 Å². The largest absolute Gasteiger partial charge is 0.376 e. The molecule has 1 aromatic carbocycles. The molecule has 0 spiro atoms. The van der Waals surface area contributed by atoms with E-state index in [1.807, 2.05) is 18.4 Å². The van der Waals surface area contributed by atoms with Gasteiger partial charge in [0.15, 0.2) is 0 Å². The van der Waals surface area contributed by atoms with Gasteiger partial charge < -0.3 is 5.32 Å². The maximum absolute atomic E-state index is 13.5. The molecule has 1 atom stereocenters. The van der Waals surface area contributed by atoms with Gasteiger partial charge in [0.1, 0.15) is 5.82 Å². The van der Waals surface area contributed by atoms with Gasteiger partial charge in [-0.15, -0.1) is 0 Å². The fraction of sp³-hybridized carbons (Fsp3) is 0.167. The van der Waals surface area contributed by atoms with Gasteiger partial charge in [-0.3, -0.25) is 0 Å². The van der Waals surface area contributed by atoms with E-state index in [2.05, 4.69) is 26.6 Å². The fourth-order valence-corrected chi connectivity index (χ4v) is 2.56. The van der Waals surface area contributed by atoms with Gasteiger partial charge in [-0.2, -0.15) is 11.3 Å². The first-order valence-electron chi connectivity index (χ1n) is 4.90. The Morgan fingerprint density at radius 1 is 1.38 bits per heavy atom. The molecule has 1 N–H and O–H groups in total. The lowest BCUT2D eigenvalue weighted by Crippen LogP contribution is -2.06. The second-order valence-electron chi connectivity index (χ2n) is 3.55. The van der Waals surface area contributed by atoms with Crippen LogP contribution in [0.15, 0.2) is 39.5 Å². The van der Waals surface area contributed by atoms with E-state index in [0.29, 0.717) is 5.69 Å². The summed E-state index contributed by atoms with van der Waals surface area (Å²) >= 11 is 4.97. The predicted octanol–water partition coefficient (Wildman–Crippen LogP) is 4.82. The number of halogens is 2. The quantitative estimate of drug-likeness (QED) is 0.856. The zero-order valence-corrected chi connectivity index (χ0v) is 11.1. The number of anilines is 1. The summed E-state index contributed by atoms with van der Waals surface area (Å²) in [6.45, 7) is 2.02. The van der Waals surface area contributed by atoms with Gasteiger partial charge in [0.25, 0.3) is 0 Å². The van der Waals surface area contributed by atoms with Crippen LogP contribution in [0.25, 0.3) is 0 Å². The molecule has 0 fully saturated rings. The van der Waals surface area contributed by atoms with E-state index in [-0.39, 0.29) is 11.9 Å². The van der Waals surface area contributed by atoms with Crippen LogP contribution in [0.2, 0.25) is 0 Å². The van der Waals surface area contributed by atoms with Crippen molar-refractivity contribution >= 4 is 33.0 Å². The van der Waals surface area contributed by atoms with Gasteiger partial charge in [0.05, 0.1) is 5.69 Å². The minimum absolute atomic E-state index is 0.107. The third kappa shape index (κ3) is 2.62. The van der Waals surface area contributed by atoms with Crippen molar-refractivity contribution in [3.05, 3.63) is 50.9 Å². The number of hydrogen-bond acceptors (Lipinski definition) is 2. The minimum atomic E-state index is -0.231. The predicted molar refractivity (Wildman–Crippen MR) is 70.5 cm³/mol. The van der Waals surface area contributed by atoms with Crippen LogP contribution in [0.3, 0.4) is 0 Å². The van der Waals surface area contributed by atoms with Crippen molar-refractivity contribution in [1.29, 1.82) is 0 Å². The maximum atomic E-state index is 13.5. The molecule has 1 unspecified atom stereocenters. The number of nitrogens with one attached hydrogen (secondary N) is 1. The lowest BCUT2D eigenvalue weighted by atomic mass is 10.1. The summed E-state index contributed by atoms with van der Waals surface area (Å²) in [5, 5.41) is 7.24. The Balaban J connectivity index is 2.17. The molecule has 1 nitrogen and oxygen atoms in total. The second kappa shape index (κ2) is 4.97. The summed E-state index contributed by atoms with van der Waals surface area (Å²) in [5.74, 6) is -0.231. The summed E-state index contributed by atoms with van der Waals surface area (Å²) in [5.41, 5.74) is 1.69. The topological polar surface area (TPSA) is 12.0 Å². The molecule has 0 bridgehead atoms. The summed E-state index contributed by atoms with van der Waals surface area (Å²) in [4.78, 5) is 0. The summed E-state index contributed by atoms with van der Waals surface area (Å²) in [6, 6.07) is 7.04. The highest BCUT2D eigenvalue weighted by atomic mass is 79.9. The van der Waals surface area contributed by atoms with E-state index in [9.17, 15) is 4.39 Å². The molecule has 4 heteroatoms. The Morgan fingerprint density at radius 3 is 2.88 bits per heavy atom. The highest BCUT2D eigenvalue weighted by molar-refractivity contribution is 9.10. The van der Waals surface area contributed by atoms with Gasteiger partial charge in [0.2, 0.25) is 0 Å². The Bertz CT molecular complexity index is 470. The van der Waals surface area contributed by atoms with Crippen molar-refractivity contribution in [2.45, 2.75) is 13.0 Å². The minimum Gasteiger partial charge on any atom is -0.376 e. The van der Waals surface area contributed by atoms with Gasteiger partial charge in [-0.1, -0.05) is 15.9 Å². The molecule has 0 radical (unpaired) electrons. The third-order valence-electron chi connectivity index (χ3n) is 2.34. The van der Waals surface area contributed by atoms with Crippen molar-refractivity contribution in [2.24, 2.45) is 0 Å². The fourth-order valence-electron chi connectivity index (χ4n) is 1.45. The third-order valence-corrected chi connectivity index (χ3v) is 3.54. The van der Waals surface area contributed by atoms with Crippen molar-refractivity contribution in [2.75, 3.05) is 5.32 Å². The average Bonchev–Trinajstić information content (AvgIpc) is 2.76. The highest BCUT2D eigenvalue weighted by Crippen LogP contribution is 2.25. The SMILES string of the molecule is CC(Nc1cc(Br)ccc1F)c1ccsc1. The Labute approximate surface area is 106 Å². The van der Waals surface area contributed by atoms with Crippen LogP contribution >= 0.6 is 27.3 Å². The van der Waals surface area contributed by atoms with E-state index < -0.39 is 0 Å². The van der Waals surface area contributed by atoms with Crippen LogP contribution in [0.1, 0.15) is 18.5 Å². The van der Waals surface area contributed by atoms with Gasteiger partial charge >= 0.3 is 0 Å². The summed E-state index contributed by atoms with van der Waals surface area (Å²) < 4.78 is 14.4. The summed E-state index contributed by atoms with van der Waals surface area (Å²) in [6.07, 6.45) is 0. The van der Waals surface area contributed by atoms with E-state index in [0.717, 1.165) is 4.47 Å². The smallest absolute Gasteiger partial charge is 0.146 e. The average molecular weight is 300 g/mol. The number of thiophene rings is 1. The van der Waals surface area contributed by atoms with Gasteiger partial charge in [0, 0.05) is 10.5 Å². The van der Waals surface area contributed by atoms with Crippen molar-refractivity contribution in [1.82, 2.24) is 0 Å². The first-order valence-corrected chi connectivity index (χ1v) is 6.64. The molecule has 2 aromatic rings. The number of benzene rings is 1. The zero-order valence-electron chi connectivity index (χ0n) is 8.71. The molecule has 0 saturated heterocycles. The number of hydrogen-bond donors (Lipinski definition) is 1. The van der Waals surface area contributed by atoms with E-state index in [1.165, 1.54) is 11.6 Å². The molecule has 0 aliphatic carbocycles. The molecule has 1 heterocycles. The molecule has 0 aliphatic rings. The molecule has 2 rings (SSSR count). The monoisotopic (exact) mass is 299 g/mol. The van der Waals surface area contributed by atoms with Crippen LogP contribution in [-0.4, -0.2) is 0 Å². The molecule has 0 saturated carbocycles. The first kappa shape index (κ1) is 11.6. The van der Waals surface area contributed by atoms with Crippen LogP contribution < -0.4 is 5.32 Å². The first-order chi connectivity index (χ1) is 7.66. The van der Waals surface area contributed by atoms with E-state index in [1.54, 1.807) is 23.5 Å². The van der Waals surface area contributed by atoms with E-state index in [4.69, 9.17) is 0 Å². The van der Waals surface area contributed by atoms with Gasteiger partial charge in [-0.05, 0) is 47.5 Å². The molecular weight excluding hydrogens is 289 g/mol. The molecule has 0 aliphatic heterocycles. The van der Waals surface area contributed by atoms with E-state index >= 15 is 0 Å². The Morgan fingerprint density at radius 2 is 2.19 bits per heavy atom. The van der Waals surface area contributed by atoms with Crippen LogP contribution in [0, 0.1) is 5.82 Å². The van der Waals surface area contributed by atoms with Gasteiger partial charge in [-0.25, -0.2) is 4.39 Å². The molecule has 16 heavy (non-hydrogen) atoms. The normalized spacial score (nSPS) is 12.4. The van der Waals surface area contributed by atoms with Crippen LogP contribution in [-0.2, 0) is 0 Å². The lowest BCUT2D eigenvalue weighted by molar-refractivity contribution is 0.627. The Kier molecular flexibility index (Phi) is 3.61. The maximum Gasteiger partial charge on any atom is 0.146 e. The zero-order chi connectivity index (χ0) is 11.5. The molecule has 84 valence electrons. The van der Waals surface area contributed by atoms with Crippen LogP contribution in [0.4, 0.5) is 10.1 Å². The van der Waals surface area contributed by atoms with Crippen molar-refractivity contribution in [3.63, 3.8) is 0 Å². The molecular formula is C12H11BrFNS. The standard InChI is InChI=1S/C12H11BrFNS/c1-8(9-4-5-16-7-9)15-12-6-10(13)2-3-11(12)14/h2-8,15H,1H3. The Hall–Kier alpha value is -0.870. The van der Waals surface area contributed by atoms with Crippen molar-refractivity contribution in [3.8, 4) is 0 Å². The van der Waals surface area contributed by atoms with Crippen LogP contribution in [0.5, 0.6) is 0 Å². The molecule has 1 aromatic heterocycles. The lowest BCUT2D eigenvalue weighted by Gasteiger charge is -2.14. The second-order valence-corrected chi connectivity index (χ2v) is 5.24. The number of rotatable bonds is 3.